The number of benzene rings is 1. The van der Waals surface area contributed by atoms with E-state index in [1.54, 1.807) is 12.3 Å². The third-order valence-corrected chi connectivity index (χ3v) is 5.75. The van der Waals surface area contributed by atoms with Crippen molar-refractivity contribution < 1.29 is 23.4 Å². The van der Waals surface area contributed by atoms with E-state index in [4.69, 9.17) is 4.74 Å². The lowest BCUT2D eigenvalue weighted by atomic mass is 9.84. The van der Waals surface area contributed by atoms with Gasteiger partial charge < -0.3 is 9.84 Å². The van der Waals surface area contributed by atoms with Gasteiger partial charge in [0.2, 0.25) is 6.43 Å². The number of nitrogens with zero attached hydrogens (tertiary/aromatic N) is 2. The van der Waals surface area contributed by atoms with Gasteiger partial charge in [0.15, 0.2) is 5.69 Å². The maximum absolute atomic E-state index is 13.4. The summed E-state index contributed by atoms with van der Waals surface area (Å²) in [7, 11) is 0. The van der Waals surface area contributed by atoms with Gasteiger partial charge in [0.1, 0.15) is 0 Å². The number of aromatic carboxylic acids is 1. The molecule has 2 aromatic rings. The van der Waals surface area contributed by atoms with Crippen molar-refractivity contribution in [3.05, 3.63) is 58.2 Å². The molecule has 0 unspecified atom stereocenters. The first-order valence-electron chi connectivity index (χ1n) is 10.1. The largest absolute Gasteiger partial charge is 0.476 e. The van der Waals surface area contributed by atoms with Crippen molar-refractivity contribution in [3.63, 3.8) is 0 Å². The van der Waals surface area contributed by atoms with Gasteiger partial charge in [-0.05, 0) is 48.3 Å². The zero-order valence-corrected chi connectivity index (χ0v) is 16.1. The number of halogens is 2. The molecule has 7 heteroatoms. The van der Waals surface area contributed by atoms with E-state index < -0.39 is 12.4 Å². The maximum Gasteiger partial charge on any atom is 0.356 e. The van der Waals surface area contributed by atoms with Gasteiger partial charge in [0.05, 0.1) is 11.4 Å². The number of carboxylic acids is 1. The van der Waals surface area contributed by atoms with Crippen LogP contribution in [0.15, 0.2) is 24.4 Å². The van der Waals surface area contributed by atoms with E-state index in [2.05, 4.69) is 9.97 Å². The molecule has 1 aliphatic carbocycles. The van der Waals surface area contributed by atoms with Crippen molar-refractivity contribution in [1.29, 1.82) is 0 Å². The number of hydrogen-bond acceptors (Lipinski definition) is 4. The Morgan fingerprint density at radius 3 is 2.59 bits per heavy atom. The highest BCUT2D eigenvalue weighted by Crippen LogP contribution is 2.39. The van der Waals surface area contributed by atoms with E-state index in [-0.39, 0.29) is 24.5 Å². The van der Waals surface area contributed by atoms with Crippen molar-refractivity contribution in [1.82, 2.24) is 9.97 Å². The summed E-state index contributed by atoms with van der Waals surface area (Å²) in [5.74, 6) is -0.661. The Bertz CT molecular complexity index is 894. The molecule has 2 aliphatic rings. The molecule has 1 aliphatic heterocycles. The van der Waals surface area contributed by atoms with Crippen LogP contribution in [0.3, 0.4) is 0 Å². The SMILES string of the molecule is O=C(O)c1nc(C2CC2)cnc1Cc1cccc(C2CCOCC2)c1CC(F)F. The smallest absolute Gasteiger partial charge is 0.356 e. The van der Waals surface area contributed by atoms with E-state index >= 15 is 0 Å². The van der Waals surface area contributed by atoms with Crippen LogP contribution in [-0.2, 0) is 17.6 Å². The minimum absolute atomic E-state index is 0.0751. The Labute approximate surface area is 168 Å². The van der Waals surface area contributed by atoms with Crippen molar-refractivity contribution in [3.8, 4) is 0 Å². The zero-order chi connectivity index (χ0) is 20.4. The Morgan fingerprint density at radius 1 is 1.17 bits per heavy atom. The van der Waals surface area contributed by atoms with Crippen molar-refractivity contribution >= 4 is 5.97 Å². The minimum Gasteiger partial charge on any atom is -0.476 e. The molecule has 1 aromatic heterocycles. The maximum atomic E-state index is 13.4. The van der Waals surface area contributed by atoms with E-state index in [9.17, 15) is 18.7 Å². The van der Waals surface area contributed by atoms with Crippen molar-refractivity contribution in [2.75, 3.05) is 13.2 Å². The molecule has 0 amide bonds. The van der Waals surface area contributed by atoms with Gasteiger partial charge in [0.25, 0.3) is 0 Å². The molecule has 5 nitrogen and oxygen atoms in total. The summed E-state index contributed by atoms with van der Waals surface area (Å²) in [5.41, 5.74) is 3.18. The Hall–Kier alpha value is -2.41. The molecule has 29 heavy (non-hydrogen) atoms. The highest BCUT2D eigenvalue weighted by atomic mass is 19.3. The first kappa shape index (κ1) is 19.9. The van der Waals surface area contributed by atoms with Gasteiger partial charge >= 0.3 is 5.97 Å². The second-order valence-corrected chi connectivity index (χ2v) is 7.81. The van der Waals surface area contributed by atoms with Gasteiger partial charge in [-0.15, -0.1) is 0 Å². The Balaban J connectivity index is 1.70. The number of ether oxygens (including phenoxy) is 1. The number of carboxylic acid groups (broad SMARTS) is 1. The summed E-state index contributed by atoms with van der Waals surface area (Å²) in [6.45, 7) is 1.25. The molecule has 1 aromatic carbocycles. The van der Waals surface area contributed by atoms with Crippen LogP contribution in [-0.4, -0.2) is 40.7 Å². The molecule has 0 radical (unpaired) electrons. The molecular weight excluding hydrogens is 378 g/mol. The monoisotopic (exact) mass is 402 g/mol. The van der Waals surface area contributed by atoms with Crippen LogP contribution >= 0.6 is 0 Å². The summed E-state index contributed by atoms with van der Waals surface area (Å²) in [6.07, 6.45) is 2.59. The fourth-order valence-corrected chi connectivity index (χ4v) is 4.10. The van der Waals surface area contributed by atoms with Crippen LogP contribution in [0, 0.1) is 0 Å². The van der Waals surface area contributed by atoms with Crippen LogP contribution in [0.2, 0.25) is 0 Å². The highest BCUT2D eigenvalue weighted by Gasteiger charge is 2.28. The number of rotatable bonds is 7. The minimum atomic E-state index is -2.47. The van der Waals surface area contributed by atoms with Crippen LogP contribution in [0.4, 0.5) is 8.78 Å². The average molecular weight is 402 g/mol. The fraction of sp³-hybridized carbons (Fsp3) is 0.500. The summed E-state index contributed by atoms with van der Waals surface area (Å²) < 4.78 is 32.2. The second kappa shape index (κ2) is 8.53. The van der Waals surface area contributed by atoms with Crippen LogP contribution < -0.4 is 0 Å². The first-order chi connectivity index (χ1) is 14.0. The summed E-state index contributed by atoms with van der Waals surface area (Å²) in [4.78, 5) is 20.4. The third kappa shape index (κ3) is 4.61. The van der Waals surface area contributed by atoms with Crippen LogP contribution in [0.25, 0.3) is 0 Å². The molecule has 2 heterocycles. The predicted octanol–water partition coefficient (Wildman–Crippen LogP) is 4.34. The van der Waals surface area contributed by atoms with Gasteiger partial charge in [-0.2, -0.15) is 0 Å². The lowest BCUT2D eigenvalue weighted by Crippen LogP contribution is -2.18. The topological polar surface area (TPSA) is 72.3 Å². The van der Waals surface area contributed by atoms with E-state index in [1.807, 2.05) is 12.1 Å². The molecule has 1 N–H and O–H groups in total. The van der Waals surface area contributed by atoms with Gasteiger partial charge in [-0.1, -0.05) is 18.2 Å². The van der Waals surface area contributed by atoms with Crippen LogP contribution in [0.5, 0.6) is 0 Å². The average Bonchev–Trinajstić information content (AvgIpc) is 3.55. The number of alkyl halides is 2. The first-order valence-corrected chi connectivity index (χ1v) is 10.1. The molecule has 0 bridgehead atoms. The number of aromatic nitrogens is 2. The highest BCUT2D eigenvalue weighted by molar-refractivity contribution is 5.86. The lowest BCUT2D eigenvalue weighted by Gasteiger charge is -2.26. The molecule has 0 atom stereocenters. The predicted molar refractivity (Wildman–Crippen MR) is 103 cm³/mol. The molecule has 154 valence electrons. The number of carbonyl (C=O) groups is 1. The molecular formula is C22H24F2N2O3. The fourth-order valence-electron chi connectivity index (χ4n) is 4.10. The third-order valence-electron chi connectivity index (χ3n) is 5.75. The summed E-state index contributed by atoms with van der Waals surface area (Å²) >= 11 is 0. The van der Waals surface area contributed by atoms with Gasteiger partial charge in [-0.3, -0.25) is 4.98 Å². The molecule has 1 saturated carbocycles. The van der Waals surface area contributed by atoms with Gasteiger partial charge in [0, 0.05) is 38.2 Å². The van der Waals surface area contributed by atoms with Crippen molar-refractivity contribution in [2.45, 2.75) is 56.8 Å². The second-order valence-electron chi connectivity index (χ2n) is 7.81. The van der Waals surface area contributed by atoms with E-state index in [0.29, 0.717) is 41.6 Å². The standard InChI is InChI=1S/C22H24F2N2O3/c23-20(24)11-17-15(2-1-3-16(17)13-6-8-29-9-7-13)10-18-21(22(27)28)26-19(12-25-18)14-4-5-14/h1-3,12-14,20H,4-11H2,(H,27,28). The Kier molecular flexibility index (Phi) is 5.85. The normalized spacial score (nSPS) is 17.6. The molecule has 2 fully saturated rings. The zero-order valence-electron chi connectivity index (χ0n) is 16.1. The molecule has 1 saturated heterocycles. The quantitative estimate of drug-likeness (QED) is 0.746. The van der Waals surface area contributed by atoms with E-state index in [1.165, 1.54) is 0 Å². The molecule has 0 spiro atoms. The lowest BCUT2D eigenvalue weighted by molar-refractivity contribution is 0.0688. The Morgan fingerprint density at radius 2 is 1.93 bits per heavy atom. The summed E-state index contributed by atoms with van der Waals surface area (Å²) in [6, 6.07) is 5.57. The summed E-state index contributed by atoms with van der Waals surface area (Å²) in [5, 5.41) is 9.61. The van der Waals surface area contributed by atoms with E-state index in [0.717, 1.165) is 31.2 Å². The number of hydrogen-bond donors (Lipinski definition) is 1. The van der Waals surface area contributed by atoms with Crippen LogP contribution in [0.1, 0.15) is 76.1 Å². The molecule has 4 rings (SSSR count). The van der Waals surface area contributed by atoms with Gasteiger partial charge in [-0.25, -0.2) is 18.6 Å². The van der Waals surface area contributed by atoms with Crippen molar-refractivity contribution in [2.24, 2.45) is 0 Å².